The summed E-state index contributed by atoms with van der Waals surface area (Å²) in [5.74, 6) is 0.493. The standard InChI is InChI=1S/C32H35ClO10/c1-7-15-32(25-11-14-27(33)24(17-25)16-23-9-12-26(13-10-23)38-8-2)31(42-22(6)37)30(41-21(5)36)29(40-20(4)35)28(43-32)18-39-19(3)34/h1,9-14,17,28-31H,8,15-16,18H2,2-6H3. The summed E-state index contributed by atoms with van der Waals surface area (Å²) in [6, 6.07) is 12.6. The van der Waals surface area contributed by atoms with Crippen molar-refractivity contribution >= 4 is 35.5 Å². The second-order valence-electron chi connectivity index (χ2n) is 9.97. The third-order valence-corrected chi connectivity index (χ3v) is 7.05. The van der Waals surface area contributed by atoms with E-state index in [1.54, 1.807) is 18.2 Å². The number of carbonyl (C=O) groups excluding carboxylic acids is 4. The molecule has 5 atom stereocenters. The van der Waals surface area contributed by atoms with Crippen LogP contribution in [0.1, 0.15) is 57.7 Å². The smallest absolute Gasteiger partial charge is 0.303 e. The molecule has 0 bridgehead atoms. The number of esters is 4. The van der Waals surface area contributed by atoms with E-state index >= 15 is 0 Å². The normalized spacial score (nSPS) is 22.9. The quantitative estimate of drug-likeness (QED) is 0.205. The second-order valence-corrected chi connectivity index (χ2v) is 10.4. The Labute approximate surface area is 255 Å². The molecule has 1 aliphatic heterocycles. The Kier molecular flexibility index (Phi) is 11.6. The van der Waals surface area contributed by atoms with Gasteiger partial charge in [-0.05, 0) is 48.2 Å². The van der Waals surface area contributed by atoms with Crippen LogP contribution in [-0.4, -0.2) is 61.5 Å². The highest BCUT2D eigenvalue weighted by molar-refractivity contribution is 6.31. The topological polar surface area (TPSA) is 124 Å². The molecule has 1 heterocycles. The highest BCUT2D eigenvalue weighted by Crippen LogP contribution is 2.45. The van der Waals surface area contributed by atoms with Gasteiger partial charge in [0.2, 0.25) is 0 Å². The molecule has 10 nitrogen and oxygen atoms in total. The number of terminal acetylenes is 1. The Morgan fingerprint density at radius 2 is 1.53 bits per heavy atom. The van der Waals surface area contributed by atoms with Crippen LogP contribution < -0.4 is 4.74 Å². The number of benzene rings is 2. The minimum absolute atomic E-state index is 0.170. The van der Waals surface area contributed by atoms with Crippen LogP contribution in [0.4, 0.5) is 0 Å². The Bertz CT molecular complexity index is 1370. The molecule has 11 heteroatoms. The summed E-state index contributed by atoms with van der Waals surface area (Å²) in [7, 11) is 0. The molecule has 2 aromatic carbocycles. The van der Waals surface area contributed by atoms with Crippen LogP contribution in [0, 0.1) is 12.3 Å². The molecule has 1 fully saturated rings. The van der Waals surface area contributed by atoms with Crippen molar-refractivity contribution in [3.63, 3.8) is 0 Å². The Morgan fingerprint density at radius 1 is 0.907 bits per heavy atom. The molecule has 0 aromatic heterocycles. The van der Waals surface area contributed by atoms with Crippen LogP contribution in [0.25, 0.3) is 0 Å². The first-order chi connectivity index (χ1) is 20.4. The SMILES string of the molecule is C#CCC1(c2ccc(Cl)c(Cc3ccc(OCC)cc3)c2)OC(COC(C)=O)C(OC(C)=O)C(OC(C)=O)C1OC(C)=O. The van der Waals surface area contributed by atoms with Crippen molar-refractivity contribution in [1.82, 2.24) is 0 Å². The Morgan fingerprint density at radius 3 is 2.09 bits per heavy atom. The fraction of sp³-hybridized carbons (Fsp3) is 0.438. The zero-order chi connectivity index (χ0) is 31.7. The molecule has 0 aliphatic carbocycles. The van der Waals surface area contributed by atoms with Gasteiger partial charge in [0, 0.05) is 39.1 Å². The Balaban J connectivity index is 2.20. The van der Waals surface area contributed by atoms with Crippen molar-refractivity contribution in [3.8, 4) is 18.1 Å². The van der Waals surface area contributed by atoms with Crippen LogP contribution in [0.5, 0.6) is 5.75 Å². The Hall–Kier alpha value is -4.07. The lowest BCUT2D eigenvalue weighted by Crippen LogP contribution is -2.66. The van der Waals surface area contributed by atoms with Gasteiger partial charge in [0.1, 0.15) is 24.1 Å². The lowest BCUT2D eigenvalue weighted by Gasteiger charge is -2.51. The number of ether oxygens (including phenoxy) is 6. The molecule has 1 aliphatic rings. The van der Waals surface area contributed by atoms with Gasteiger partial charge in [-0.1, -0.05) is 35.9 Å². The molecule has 43 heavy (non-hydrogen) atoms. The maximum atomic E-state index is 12.4. The molecule has 0 saturated carbocycles. The molecule has 0 radical (unpaired) electrons. The van der Waals surface area contributed by atoms with Crippen LogP contribution >= 0.6 is 11.6 Å². The van der Waals surface area contributed by atoms with Crippen LogP contribution in [-0.2, 0) is 54.9 Å². The van der Waals surface area contributed by atoms with E-state index < -0.39 is 53.9 Å². The highest BCUT2D eigenvalue weighted by atomic mass is 35.5. The summed E-state index contributed by atoms with van der Waals surface area (Å²) in [6.45, 7) is 6.76. The third kappa shape index (κ3) is 8.49. The maximum absolute atomic E-state index is 12.4. The average Bonchev–Trinajstić information content (AvgIpc) is 2.92. The highest BCUT2D eigenvalue weighted by Gasteiger charge is 2.60. The van der Waals surface area contributed by atoms with Crippen molar-refractivity contribution in [3.05, 3.63) is 64.2 Å². The van der Waals surface area contributed by atoms with Gasteiger partial charge in [-0.3, -0.25) is 19.2 Å². The molecule has 5 unspecified atom stereocenters. The van der Waals surface area contributed by atoms with Gasteiger partial charge in [0.05, 0.1) is 6.61 Å². The van der Waals surface area contributed by atoms with Gasteiger partial charge >= 0.3 is 23.9 Å². The minimum Gasteiger partial charge on any atom is -0.494 e. The second kappa shape index (κ2) is 14.9. The first kappa shape index (κ1) is 33.4. The summed E-state index contributed by atoms with van der Waals surface area (Å²) >= 11 is 6.62. The van der Waals surface area contributed by atoms with Crippen molar-refractivity contribution < 1.29 is 47.6 Å². The minimum atomic E-state index is -1.64. The largest absolute Gasteiger partial charge is 0.494 e. The van der Waals surface area contributed by atoms with E-state index in [4.69, 9.17) is 46.4 Å². The fourth-order valence-electron chi connectivity index (χ4n) is 5.07. The molecular formula is C32H35ClO10. The summed E-state index contributed by atoms with van der Waals surface area (Å²) < 4.78 is 34.2. The molecule has 3 rings (SSSR count). The van der Waals surface area contributed by atoms with Crippen molar-refractivity contribution in [1.29, 1.82) is 0 Å². The summed E-state index contributed by atoms with van der Waals surface area (Å²) in [5, 5.41) is 0.458. The van der Waals surface area contributed by atoms with E-state index in [0.29, 0.717) is 29.2 Å². The summed E-state index contributed by atoms with van der Waals surface area (Å²) in [6.07, 6.45) is 0.871. The van der Waals surface area contributed by atoms with E-state index in [-0.39, 0.29) is 13.0 Å². The van der Waals surface area contributed by atoms with Crippen molar-refractivity contribution in [2.75, 3.05) is 13.2 Å². The monoisotopic (exact) mass is 614 g/mol. The fourth-order valence-corrected chi connectivity index (χ4v) is 5.25. The lowest BCUT2D eigenvalue weighted by molar-refractivity contribution is -0.289. The third-order valence-electron chi connectivity index (χ3n) is 6.69. The summed E-state index contributed by atoms with van der Waals surface area (Å²) in [5.41, 5.74) is 0.455. The van der Waals surface area contributed by atoms with E-state index in [0.717, 1.165) is 25.2 Å². The molecule has 0 spiro atoms. The molecular weight excluding hydrogens is 580 g/mol. The average molecular weight is 615 g/mol. The number of rotatable bonds is 11. The van der Waals surface area contributed by atoms with E-state index in [9.17, 15) is 19.2 Å². The lowest BCUT2D eigenvalue weighted by atomic mass is 9.76. The van der Waals surface area contributed by atoms with E-state index in [2.05, 4.69) is 5.92 Å². The molecule has 0 N–H and O–H groups in total. The van der Waals surface area contributed by atoms with Gasteiger partial charge in [-0.15, -0.1) is 12.3 Å². The number of hydrogen-bond acceptors (Lipinski definition) is 10. The van der Waals surface area contributed by atoms with Gasteiger partial charge < -0.3 is 28.4 Å². The first-order valence-corrected chi connectivity index (χ1v) is 14.0. The number of hydrogen-bond donors (Lipinski definition) is 0. The number of carbonyl (C=O) groups is 4. The number of halogens is 1. The van der Waals surface area contributed by atoms with Crippen molar-refractivity contribution in [2.24, 2.45) is 0 Å². The summed E-state index contributed by atoms with van der Waals surface area (Å²) in [4.78, 5) is 48.7. The molecule has 1 saturated heterocycles. The molecule has 230 valence electrons. The van der Waals surface area contributed by atoms with Crippen LogP contribution in [0.15, 0.2) is 42.5 Å². The van der Waals surface area contributed by atoms with Gasteiger partial charge in [0.15, 0.2) is 18.3 Å². The maximum Gasteiger partial charge on any atom is 0.303 e. The van der Waals surface area contributed by atoms with Gasteiger partial charge in [-0.25, -0.2) is 0 Å². The van der Waals surface area contributed by atoms with Gasteiger partial charge in [-0.2, -0.15) is 0 Å². The predicted molar refractivity (Wildman–Crippen MR) is 155 cm³/mol. The van der Waals surface area contributed by atoms with Crippen LogP contribution in [0.2, 0.25) is 5.02 Å². The first-order valence-electron chi connectivity index (χ1n) is 13.7. The van der Waals surface area contributed by atoms with Crippen molar-refractivity contribution in [2.45, 2.75) is 77.5 Å². The molecule has 2 aromatic rings. The zero-order valence-corrected chi connectivity index (χ0v) is 25.5. The van der Waals surface area contributed by atoms with Crippen LogP contribution in [0.3, 0.4) is 0 Å². The van der Waals surface area contributed by atoms with E-state index in [1.807, 2.05) is 31.2 Å². The predicted octanol–water partition coefficient (Wildman–Crippen LogP) is 4.31. The van der Waals surface area contributed by atoms with Gasteiger partial charge in [0.25, 0.3) is 0 Å². The van der Waals surface area contributed by atoms with E-state index in [1.165, 1.54) is 13.8 Å². The molecule has 0 amide bonds. The zero-order valence-electron chi connectivity index (χ0n) is 24.7.